The molecule has 0 aliphatic carbocycles. The van der Waals surface area contributed by atoms with E-state index in [0.29, 0.717) is 47.8 Å². The van der Waals surface area contributed by atoms with E-state index in [2.05, 4.69) is 36.6 Å². The second-order valence-electron chi connectivity index (χ2n) is 12.2. The summed E-state index contributed by atoms with van der Waals surface area (Å²) in [7, 11) is 0. The van der Waals surface area contributed by atoms with E-state index in [0.717, 1.165) is 22.9 Å². The molecule has 5 aromatic rings. The number of amides is 1. The Bertz CT molecular complexity index is 1810. The van der Waals surface area contributed by atoms with Gasteiger partial charge < -0.3 is 20.3 Å². The number of ketones is 1. The minimum Gasteiger partial charge on any atom is -0.481 e. The molecule has 0 saturated carbocycles. The number of aryl methyl sites for hydroxylation is 1. The summed E-state index contributed by atoms with van der Waals surface area (Å²) in [4.78, 5) is 39.2. The zero-order valence-corrected chi connectivity index (χ0v) is 26.6. The zero-order chi connectivity index (χ0) is 32.6. The lowest BCUT2D eigenvalue weighted by Gasteiger charge is -2.21. The Kier molecular flexibility index (Phi) is 10.3. The smallest absolute Gasteiger partial charge is 0.306 e. The predicted molar refractivity (Wildman–Crippen MR) is 184 cm³/mol. The van der Waals surface area contributed by atoms with Gasteiger partial charge in [-0.25, -0.2) is 0 Å². The minimum absolute atomic E-state index is 0.146. The summed E-state index contributed by atoms with van der Waals surface area (Å²) in [6.45, 7) is 6.73. The number of hydrogen-bond donors (Lipinski definition) is 3. The number of aromatic nitrogens is 1. The Balaban J connectivity index is 1.42. The summed E-state index contributed by atoms with van der Waals surface area (Å²) in [5, 5.41) is 16.7. The molecule has 0 bridgehead atoms. The van der Waals surface area contributed by atoms with Gasteiger partial charge in [0.1, 0.15) is 6.04 Å². The van der Waals surface area contributed by atoms with Crippen molar-refractivity contribution in [1.82, 2.24) is 4.57 Å². The van der Waals surface area contributed by atoms with Crippen molar-refractivity contribution >= 4 is 39.9 Å². The Hall–Kier alpha value is -5.17. The van der Waals surface area contributed by atoms with E-state index in [1.54, 1.807) is 12.1 Å². The van der Waals surface area contributed by atoms with Crippen molar-refractivity contribution in [1.29, 1.82) is 0 Å². The van der Waals surface area contributed by atoms with Crippen LogP contribution in [0.4, 0.5) is 11.4 Å². The number of anilines is 2. The average molecular weight is 616 g/mol. The van der Waals surface area contributed by atoms with Gasteiger partial charge in [-0.05, 0) is 66.6 Å². The van der Waals surface area contributed by atoms with Crippen LogP contribution in [0.3, 0.4) is 0 Å². The fraction of sp³-hybridized carbons (Fsp3) is 0.256. The highest BCUT2D eigenvalue weighted by Crippen LogP contribution is 2.28. The molecule has 3 N–H and O–H groups in total. The van der Waals surface area contributed by atoms with Crippen LogP contribution in [0.15, 0.2) is 109 Å². The Morgan fingerprint density at radius 1 is 0.826 bits per heavy atom. The quantitative estimate of drug-likeness (QED) is 0.109. The number of benzene rings is 4. The lowest BCUT2D eigenvalue weighted by Crippen LogP contribution is -2.27. The second kappa shape index (κ2) is 14.7. The van der Waals surface area contributed by atoms with Gasteiger partial charge >= 0.3 is 5.97 Å². The standard InChI is InChI=1S/C39H41N3O4/c1-4-28(39(45)46)21-22-42-25-34(33-15-8-9-16-35(33)42)37(43)30-11-10-14-32(24-30)40-36(38(44)41-31-12-6-5-7-13-31)29-19-17-27(18-20-29)23-26(2)3/h5-20,24-26,28,36,40H,4,21-23H2,1-3H3,(H,41,44)(H,45,46). The van der Waals surface area contributed by atoms with Gasteiger partial charge in [-0.15, -0.1) is 0 Å². The maximum atomic E-state index is 14.0. The molecule has 1 heterocycles. The van der Waals surface area contributed by atoms with Crippen molar-refractivity contribution in [2.24, 2.45) is 11.8 Å². The maximum Gasteiger partial charge on any atom is 0.306 e. The van der Waals surface area contributed by atoms with Gasteiger partial charge in [-0.1, -0.05) is 93.6 Å². The second-order valence-corrected chi connectivity index (χ2v) is 12.2. The molecule has 5 rings (SSSR count). The predicted octanol–water partition coefficient (Wildman–Crippen LogP) is 8.36. The molecule has 4 aromatic carbocycles. The highest BCUT2D eigenvalue weighted by atomic mass is 16.4. The van der Waals surface area contributed by atoms with E-state index < -0.39 is 17.9 Å². The Morgan fingerprint density at radius 3 is 2.22 bits per heavy atom. The third kappa shape index (κ3) is 7.72. The number of nitrogens with zero attached hydrogens (tertiary/aromatic N) is 1. The molecule has 0 aliphatic heterocycles. The first-order valence-corrected chi connectivity index (χ1v) is 15.9. The van der Waals surface area contributed by atoms with E-state index in [1.165, 1.54) is 5.56 Å². The van der Waals surface area contributed by atoms with Gasteiger partial charge in [0, 0.05) is 46.1 Å². The van der Waals surface area contributed by atoms with Crippen LogP contribution in [0, 0.1) is 11.8 Å². The van der Waals surface area contributed by atoms with Gasteiger partial charge in [0.25, 0.3) is 5.91 Å². The number of nitrogens with one attached hydrogen (secondary N) is 2. The van der Waals surface area contributed by atoms with Crippen LogP contribution in [-0.2, 0) is 22.6 Å². The van der Waals surface area contributed by atoms with E-state index in [9.17, 15) is 19.5 Å². The molecular formula is C39H41N3O4. The van der Waals surface area contributed by atoms with Crippen LogP contribution in [0.2, 0.25) is 0 Å². The van der Waals surface area contributed by atoms with Gasteiger partial charge in [0.05, 0.1) is 5.92 Å². The summed E-state index contributed by atoms with van der Waals surface area (Å²) in [5.74, 6) is -1.08. The van der Waals surface area contributed by atoms with E-state index in [4.69, 9.17) is 0 Å². The topological polar surface area (TPSA) is 100 Å². The molecule has 0 aliphatic rings. The zero-order valence-electron chi connectivity index (χ0n) is 26.6. The Labute approximate surface area is 270 Å². The van der Waals surface area contributed by atoms with E-state index in [1.807, 2.05) is 96.6 Å². The fourth-order valence-electron chi connectivity index (χ4n) is 5.84. The lowest BCUT2D eigenvalue weighted by molar-refractivity contribution is -0.142. The van der Waals surface area contributed by atoms with Crippen molar-refractivity contribution in [3.63, 3.8) is 0 Å². The summed E-state index contributed by atoms with van der Waals surface area (Å²) < 4.78 is 1.98. The highest BCUT2D eigenvalue weighted by molar-refractivity contribution is 6.16. The fourth-order valence-corrected chi connectivity index (χ4v) is 5.84. The number of fused-ring (bicyclic) bond motifs is 1. The summed E-state index contributed by atoms with van der Waals surface area (Å²) >= 11 is 0. The number of hydrogen-bond acceptors (Lipinski definition) is 4. The molecule has 2 unspecified atom stereocenters. The first-order valence-electron chi connectivity index (χ1n) is 15.9. The molecule has 0 radical (unpaired) electrons. The van der Waals surface area contributed by atoms with Crippen molar-refractivity contribution in [2.45, 2.75) is 52.6 Å². The van der Waals surface area contributed by atoms with Gasteiger partial charge in [-0.2, -0.15) is 0 Å². The number of carbonyl (C=O) groups excluding carboxylic acids is 2. The van der Waals surface area contributed by atoms with Crippen LogP contribution in [0.25, 0.3) is 10.9 Å². The average Bonchev–Trinajstić information content (AvgIpc) is 3.43. The van der Waals surface area contributed by atoms with E-state index in [-0.39, 0.29) is 11.7 Å². The number of carboxylic acid groups (broad SMARTS) is 1. The van der Waals surface area contributed by atoms with Gasteiger partial charge in [0.2, 0.25) is 0 Å². The van der Waals surface area contributed by atoms with E-state index >= 15 is 0 Å². The van der Waals surface area contributed by atoms with Crippen LogP contribution >= 0.6 is 0 Å². The van der Waals surface area contributed by atoms with Crippen molar-refractivity contribution in [2.75, 3.05) is 10.6 Å². The highest BCUT2D eigenvalue weighted by Gasteiger charge is 2.23. The first kappa shape index (κ1) is 32.2. The number of aliphatic carboxylic acids is 1. The first-order chi connectivity index (χ1) is 22.2. The maximum absolute atomic E-state index is 14.0. The SMILES string of the molecule is CCC(CCn1cc(C(=O)c2cccc(NC(C(=O)Nc3ccccc3)c3ccc(CC(C)C)cc3)c2)c2ccccc21)C(=O)O. The molecule has 236 valence electrons. The molecule has 46 heavy (non-hydrogen) atoms. The largest absolute Gasteiger partial charge is 0.481 e. The lowest BCUT2D eigenvalue weighted by atomic mass is 9.98. The summed E-state index contributed by atoms with van der Waals surface area (Å²) in [6.07, 6.45) is 3.80. The van der Waals surface area contributed by atoms with Crippen molar-refractivity contribution < 1.29 is 19.5 Å². The molecule has 7 nitrogen and oxygen atoms in total. The molecule has 1 amide bonds. The molecule has 0 spiro atoms. The molecular weight excluding hydrogens is 574 g/mol. The van der Waals surface area contributed by atoms with Crippen LogP contribution < -0.4 is 10.6 Å². The van der Waals surface area contributed by atoms with Crippen LogP contribution in [0.5, 0.6) is 0 Å². The molecule has 2 atom stereocenters. The van der Waals surface area contributed by atoms with Gasteiger partial charge in [0.15, 0.2) is 5.78 Å². The number of para-hydroxylation sites is 2. The number of carbonyl (C=O) groups is 3. The third-order valence-electron chi connectivity index (χ3n) is 8.29. The van der Waals surface area contributed by atoms with Gasteiger partial charge in [-0.3, -0.25) is 14.4 Å². The molecule has 7 heteroatoms. The minimum atomic E-state index is -0.804. The van der Waals surface area contributed by atoms with Crippen LogP contribution in [-0.4, -0.2) is 27.3 Å². The summed E-state index contributed by atoms with van der Waals surface area (Å²) in [6, 6.07) is 31.6. The van der Waals surface area contributed by atoms with Crippen LogP contribution in [0.1, 0.15) is 66.7 Å². The molecule has 0 saturated heterocycles. The Morgan fingerprint density at radius 2 is 1.52 bits per heavy atom. The normalized spacial score (nSPS) is 12.5. The monoisotopic (exact) mass is 615 g/mol. The molecule has 0 fully saturated rings. The number of rotatable bonds is 14. The van der Waals surface area contributed by atoms with Crippen molar-refractivity contribution in [3.05, 3.63) is 132 Å². The number of carboxylic acids is 1. The van der Waals surface area contributed by atoms with Crippen molar-refractivity contribution in [3.8, 4) is 0 Å². The molecule has 1 aromatic heterocycles. The summed E-state index contributed by atoms with van der Waals surface area (Å²) in [5.41, 5.74) is 5.29. The third-order valence-corrected chi connectivity index (χ3v) is 8.29.